The third kappa shape index (κ3) is 4.94. The monoisotopic (exact) mass is 592 g/mol. The quantitative estimate of drug-likeness (QED) is 0.237. The first kappa shape index (κ1) is 27.9. The van der Waals surface area contributed by atoms with Crippen LogP contribution in [0.25, 0.3) is 22.2 Å². The minimum atomic E-state index is -0.249. The number of aryl methyl sites for hydroxylation is 2. The maximum atomic E-state index is 12.6. The summed E-state index contributed by atoms with van der Waals surface area (Å²) in [5.41, 5.74) is 5.82. The Morgan fingerprint density at radius 1 is 1.14 bits per heavy atom. The molecule has 0 spiro atoms. The Morgan fingerprint density at radius 2 is 1.98 bits per heavy atom. The van der Waals surface area contributed by atoms with Crippen molar-refractivity contribution in [1.29, 1.82) is 0 Å². The number of phenolic OH excluding ortho intramolecular Hbond substituents is 1. The number of imidazole rings is 1. The van der Waals surface area contributed by atoms with Crippen LogP contribution in [0.2, 0.25) is 0 Å². The van der Waals surface area contributed by atoms with Gasteiger partial charge in [0.15, 0.2) is 5.75 Å². The molecule has 1 amide bonds. The second-order valence-electron chi connectivity index (χ2n) is 12.0. The number of rotatable bonds is 8. The van der Waals surface area contributed by atoms with Crippen LogP contribution in [0.15, 0.2) is 65.3 Å². The molecule has 0 radical (unpaired) electrons. The highest BCUT2D eigenvalue weighted by Gasteiger charge is 2.35. The van der Waals surface area contributed by atoms with Crippen LogP contribution in [0.1, 0.15) is 53.3 Å². The largest absolute Gasteiger partial charge is 0.507 e. The molecule has 5 aromatic rings. The van der Waals surface area contributed by atoms with Crippen molar-refractivity contribution in [2.24, 2.45) is 11.8 Å². The zero-order valence-electron chi connectivity index (χ0n) is 25.2. The third-order valence-corrected chi connectivity index (χ3v) is 8.88. The van der Waals surface area contributed by atoms with Gasteiger partial charge in [-0.25, -0.2) is 4.98 Å². The van der Waals surface area contributed by atoms with Crippen molar-refractivity contribution in [3.8, 4) is 22.6 Å². The Balaban J connectivity index is 1.15. The molecule has 10 heteroatoms. The van der Waals surface area contributed by atoms with E-state index in [9.17, 15) is 9.90 Å². The number of para-hydroxylation sites is 1. The van der Waals surface area contributed by atoms with Crippen molar-refractivity contribution in [3.05, 3.63) is 83.5 Å². The van der Waals surface area contributed by atoms with Gasteiger partial charge in [-0.2, -0.15) is 0 Å². The first-order valence-corrected chi connectivity index (χ1v) is 15.2. The van der Waals surface area contributed by atoms with Crippen molar-refractivity contribution >= 4 is 22.9 Å². The summed E-state index contributed by atoms with van der Waals surface area (Å²) in [5.74, 6) is 2.98. The molecule has 3 aromatic heterocycles. The number of hydrogen-bond acceptors (Lipinski definition) is 8. The predicted molar refractivity (Wildman–Crippen MR) is 167 cm³/mol. The number of amides is 1. The van der Waals surface area contributed by atoms with Gasteiger partial charge in [0, 0.05) is 31.4 Å². The fourth-order valence-corrected chi connectivity index (χ4v) is 6.79. The Hall–Kier alpha value is -4.86. The summed E-state index contributed by atoms with van der Waals surface area (Å²) in [6.07, 6.45) is 3.85. The van der Waals surface area contributed by atoms with Gasteiger partial charge in [-0.1, -0.05) is 30.3 Å². The summed E-state index contributed by atoms with van der Waals surface area (Å²) in [5, 5.41) is 17.2. The fraction of sp³-hybridized carbons (Fsp3) is 0.353. The van der Waals surface area contributed by atoms with Gasteiger partial charge >= 0.3 is 0 Å². The molecule has 1 saturated heterocycles. The van der Waals surface area contributed by atoms with Crippen molar-refractivity contribution < 1.29 is 19.2 Å². The van der Waals surface area contributed by atoms with Crippen molar-refractivity contribution in [3.63, 3.8) is 0 Å². The highest BCUT2D eigenvalue weighted by atomic mass is 16.5. The maximum absolute atomic E-state index is 12.6. The lowest BCUT2D eigenvalue weighted by molar-refractivity contribution is 0.0943. The lowest BCUT2D eigenvalue weighted by Crippen LogP contribution is -2.31. The van der Waals surface area contributed by atoms with E-state index in [1.807, 2.05) is 38.2 Å². The van der Waals surface area contributed by atoms with Gasteiger partial charge in [0.1, 0.15) is 29.7 Å². The number of nitrogens with one attached hydrogen (secondary N) is 1. The van der Waals surface area contributed by atoms with E-state index in [1.54, 1.807) is 18.2 Å². The zero-order chi connectivity index (χ0) is 30.4. The van der Waals surface area contributed by atoms with E-state index in [0.717, 1.165) is 76.9 Å². The minimum Gasteiger partial charge on any atom is -0.507 e. The summed E-state index contributed by atoms with van der Waals surface area (Å²) >= 11 is 0. The SMILES string of the molecule is Cc1noc(C)c1-c1ccc2nc(N3CC[C@@H](CC(C)CNC(=O)c4ccccc4O)C3)n3c2c1OC[C@@H]3c1ccccn1. The van der Waals surface area contributed by atoms with Crippen molar-refractivity contribution in [2.45, 2.75) is 39.7 Å². The molecule has 226 valence electrons. The molecule has 5 heterocycles. The van der Waals surface area contributed by atoms with Gasteiger partial charge in [-0.15, -0.1) is 0 Å². The fourth-order valence-electron chi connectivity index (χ4n) is 6.79. The van der Waals surface area contributed by atoms with Crippen molar-refractivity contribution in [2.75, 3.05) is 31.1 Å². The summed E-state index contributed by atoms with van der Waals surface area (Å²) < 4.78 is 14.3. The molecule has 0 bridgehead atoms. The van der Waals surface area contributed by atoms with Gasteiger partial charge in [0.05, 0.1) is 28.0 Å². The van der Waals surface area contributed by atoms with E-state index in [-0.39, 0.29) is 23.6 Å². The molecule has 7 rings (SSSR count). The zero-order valence-corrected chi connectivity index (χ0v) is 25.2. The van der Waals surface area contributed by atoms with Crippen molar-refractivity contribution in [1.82, 2.24) is 25.0 Å². The molecule has 1 fully saturated rings. The van der Waals surface area contributed by atoms with Crippen LogP contribution in [0.5, 0.6) is 11.5 Å². The van der Waals surface area contributed by atoms with E-state index in [2.05, 4.69) is 39.0 Å². The second kappa shape index (κ2) is 11.3. The number of phenols is 1. The summed E-state index contributed by atoms with van der Waals surface area (Å²) in [7, 11) is 0. The molecule has 10 nitrogen and oxygen atoms in total. The summed E-state index contributed by atoms with van der Waals surface area (Å²) in [4.78, 5) is 24.9. The lowest BCUT2D eigenvalue weighted by atomic mass is 9.95. The highest BCUT2D eigenvalue weighted by Crippen LogP contribution is 2.46. The molecular formula is C34H36N6O4. The summed E-state index contributed by atoms with van der Waals surface area (Å²) in [6.45, 7) is 8.81. The average molecular weight is 593 g/mol. The van der Waals surface area contributed by atoms with E-state index in [1.165, 1.54) is 6.07 Å². The molecule has 2 aliphatic heterocycles. The van der Waals surface area contributed by atoms with Crippen LogP contribution in [0.4, 0.5) is 5.95 Å². The van der Waals surface area contributed by atoms with Gasteiger partial charge in [0.25, 0.3) is 5.91 Å². The first-order valence-electron chi connectivity index (χ1n) is 15.2. The Morgan fingerprint density at radius 3 is 2.75 bits per heavy atom. The molecule has 44 heavy (non-hydrogen) atoms. The number of pyridine rings is 1. The average Bonchev–Trinajstić information content (AvgIpc) is 3.75. The number of hydrogen-bond donors (Lipinski definition) is 2. The number of aromatic nitrogens is 4. The van der Waals surface area contributed by atoms with Crippen LogP contribution >= 0.6 is 0 Å². The molecule has 0 aliphatic carbocycles. The Bertz CT molecular complexity index is 1810. The molecule has 1 unspecified atom stereocenters. The van der Waals surface area contributed by atoms with Crippen LogP contribution in [-0.2, 0) is 0 Å². The topological polar surface area (TPSA) is 119 Å². The van der Waals surface area contributed by atoms with Crippen LogP contribution < -0.4 is 15.0 Å². The molecule has 2 aromatic carbocycles. The van der Waals surface area contributed by atoms with Crippen LogP contribution in [0, 0.1) is 25.7 Å². The van der Waals surface area contributed by atoms with E-state index in [4.69, 9.17) is 19.2 Å². The third-order valence-electron chi connectivity index (χ3n) is 8.88. The van der Waals surface area contributed by atoms with E-state index in [0.29, 0.717) is 24.6 Å². The van der Waals surface area contributed by atoms with Gasteiger partial charge in [0.2, 0.25) is 5.95 Å². The van der Waals surface area contributed by atoms with E-state index < -0.39 is 0 Å². The number of anilines is 1. The van der Waals surface area contributed by atoms with Crippen LogP contribution in [0.3, 0.4) is 0 Å². The van der Waals surface area contributed by atoms with Gasteiger partial charge < -0.3 is 24.6 Å². The van der Waals surface area contributed by atoms with Crippen LogP contribution in [-0.4, -0.2) is 56.9 Å². The smallest absolute Gasteiger partial charge is 0.255 e. The Kier molecular flexibility index (Phi) is 7.20. The van der Waals surface area contributed by atoms with Gasteiger partial charge in [-0.3, -0.25) is 14.3 Å². The molecule has 2 aliphatic rings. The minimum absolute atomic E-state index is 0.00322. The molecule has 3 atom stereocenters. The molecular weight excluding hydrogens is 556 g/mol. The second-order valence-corrected chi connectivity index (χ2v) is 12.0. The van der Waals surface area contributed by atoms with E-state index >= 15 is 0 Å². The first-order chi connectivity index (χ1) is 21.4. The number of benzene rings is 2. The normalized spacial score (nSPS) is 18.4. The number of aromatic hydroxyl groups is 1. The maximum Gasteiger partial charge on any atom is 0.255 e. The highest BCUT2D eigenvalue weighted by molar-refractivity contribution is 5.96. The predicted octanol–water partition coefficient (Wildman–Crippen LogP) is 5.67. The van der Waals surface area contributed by atoms with Gasteiger partial charge in [-0.05, 0) is 74.9 Å². The summed E-state index contributed by atoms with van der Waals surface area (Å²) in [6, 6.07) is 16.6. The number of ether oxygens (including phenoxy) is 1. The molecule has 2 N–H and O–H groups in total. The molecule has 0 saturated carbocycles. The number of carbonyl (C=O) groups is 1. The lowest BCUT2D eigenvalue weighted by Gasteiger charge is -2.30. The Labute approximate surface area is 255 Å². The number of carbonyl (C=O) groups excluding carboxylic acids is 1. The number of nitrogens with zero attached hydrogens (tertiary/aromatic N) is 5. The standard InChI is InChI=1S/C34H36N6O4/c1-20(17-36-33(42)24-8-4-5-10-29(24)41)16-23-13-15-39(18-23)34-37-27-12-11-25(30-21(2)38-44-22(30)3)32-31(27)40(34)28(19-43-32)26-9-6-7-14-35-26/h4-12,14,20,23,28,41H,13,15-19H2,1-3H3,(H,36,42)/t20?,23-,28+/m0/s1.